The molecule has 1 amide bonds. The van der Waals surface area contributed by atoms with Crippen LogP contribution in [0.4, 0.5) is 0 Å². The van der Waals surface area contributed by atoms with Gasteiger partial charge in [0.25, 0.3) is 0 Å². The number of methoxy groups -OCH3 is 1. The number of esters is 1. The molecule has 7 heteroatoms. The number of carbonyl (C=O) groups is 2. The molecule has 1 aliphatic heterocycles. The summed E-state index contributed by atoms with van der Waals surface area (Å²) in [5.74, 6) is -1.08. The Morgan fingerprint density at radius 2 is 1.50 bits per heavy atom. The van der Waals surface area contributed by atoms with Gasteiger partial charge in [0, 0.05) is 19.4 Å². The van der Waals surface area contributed by atoms with Gasteiger partial charge in [-0.2, -0.15) is 0 Å². The largest absolute Gasteiger partial charge is 0.467 e. The zero-order valence-electron chi connectivity index (χ0n) is 20.1. The molecule has 3 aromatic carbocycles. The summed E-state index contributed by atoms with van der Waals surface area (Å²) in [5.41, 5.74) is 3.84. The topological polar surface area (TPSA) is 77.3 Å². The van der Waals surface area contributed by atoms with Crippen molar-refractivity contribution < 1.29 is 14.3 Å². The van der Waals surface area contributed by atoms with E-state index in [1.165, 1.54) is 7.11 Å². The smallest absolute Gasteiger partial charge is 0.328 e. The Morgan fingerprint density at radius 1 is 0.917 bits per heavy atom. The van der Waals surface area contributed by atoms with Crippen LogP contribution in [0.3, 0.4) is 0 Å². The molecule has 0 N–H and O–H groups in total. The molecular weight excluding hydrogens is 452 g/mol. The van der Waals surface area contributed by atoms with Crippen molar-refractivity contribution in [3.8, 4) is 0 Å². The zero-order valence-corrected chi connectivity index (χ0v) is 20.1. The number of ether oxygens (including phenoxy) is 1. The first-order valence-corrected chi connectivity index (χ1v) is 12.1. The number of carbonyl (C=O) groups excluding carboxylic acids is 2. The average molecular weight is 481 g/mol. The first kappa shape index (κ1) is 23.5. The maximum Gasteiger partial charge on any atom is 0.328 e. The Labute approximate surface area is 210 Å². The van der Waals surface area contributed by atoms with E-state index in [0.29, 0.717) is 19.4 Å². The SMILES string of the molecule is COC(=O)C1CC(n2nncc2Cc2ccccc2)CN1C(=O)C(c1ccccc1)c1ccccc1. The van der Waals surface area contributed by atoms with E-state index in [-0.39, 0.29) is 11.9 Å². The Bertz CT molecular complexity index is 1270. The Hall–Kier alpha value is -4.26. The number of aromatic nitrogens is 3. The Balaban J connectivity index is 1.47. The number of hydrogen-bond donors (Lipinski definition) is 0. The third kappa shape index (κ3) is 4.77. The maximum absolute atomic E-state index is 14.1. The van der Waals surface area contributed by atoms with Gasteiger partial charge in [-0.3, -0.25) is 4.79 Å². The van der Waals surface area contributed by atoms with Crippen LogP contribution in [-0.4, -0.2) is 51.5 Å². The van der Waals surface area contributed by atoms with Crippen molar-refractivity contribution in [2.45, 2.75) is 30.8 Å². The number of benzene rings is 3. The molecule has 182 valence electrons. The molecule has 1 aliphatic rings. The van der Waals surface area contributed by atoms with E-state index >= 15 is 0 Å². The summed E-state index contributed by atoms with van der Waals surface area (Å²) >= 11 is 0. The summed E-state index contributed by atoms with van der Waals surface area (Å²) in [6.07, 6.45) is 2.83. The van der Waals surface area contributed by atoms with Crippen LogP contribution in [0.5, 0.6) is 0 Å². The zero-order chi connectivity index (χ0) is 24.9. The van der Waals surface area contributed by atoms with Crippen LogP contribution in [0.1, 0.15) is 40.8 Å². The van der Waals surface area contributed by atoms with Crippen LogP contribution in [0.15, 0.2) is 97.2 Å². The second-order valence-corrected chi connectivity index (χ2v) is 9.01. The van der Waals surface area contributed by atoms with E-state index in [9.17, 15) is 9.59 Å². The molecule has 2 heterocycles. The standard InChI is InChI=1S/C29H28N4O3/c1-36-29(35)26-18-25(33-24(19-30-31-33)17-21-11-5-2-6-12-21)20-32(26)28(34)27(22-13-7-3-8-14-22)23-15-9-4-10-16-23/h2-16,19,25-27H,17-18,20H2,1H3. The predicted molar refractivity (Wildman–Crippen MR) is 135 cm³/mol. The van der Waals surface area contributed by atoms with Gasteiger partial charge in [-0.05, 0) is 16.7 Å². The fourth-order valence-electron chi connectivity index (χ4n) is 5.03. The molecule has 1 saturated heterocycles. The summed E-state index contributed by atoms with van der Waals surface area (Å²) in [5, 5.41) is 8.49. The van der Waals surface area contributed by atoms with Gasteiger partial charge >= 0.3 is 5.97 Å². The number of amides is 1. The lowest BCUT2D eigenvalue weighted by Gasteiger charge is -2.28. The fourth-order valence-corrected chi connectivity index (χ4v) is 5.03. The van der Waals surface area contributed by atoms with Gasteiger partial charge in [0.2, 0.25) is 5.91 Å². The Kier molecular flexibility index (Phi) is 6.89. The number of rotatable bonds is 7. The van der Waals surface area contributed by atoms with Gasteiger partial charge in [-0.1, -0.05) is 96.2 Å². The van der Waals surface area contributed by atoms with Crippen LogP contribution >= 0.6 is 0 Å². The van der Waals surface area contributed by atoms with E-state index in [4.69, 9.17) is 4.74 Å². The highest BCUT2D eigenvalue weighted by atomic mass is 16.5. The van der Waals surface area contributed by atoms with Crippen molar-refractivity contribution in [1.82, 2.24) is 19.9 Å². The van der Waals surface area contributed by atoms with Gasteiger partial charge in [0.05, 0.1) is 31.0 Å². The monoisotopic (exact) mass is 480 g/mol. The van der Waals surface area contributed by atoms with Gasteiger partial charge < -0.3 is 9.64 Å². The van der Waals surface area contributed by atoms with Crippen molar-refractivity contribution in [3.05, 3.63) is 120 Å². The molecule has 2 atom stereocenters. The summed E-state index contributed by atoms with van der Waals surface area (Å²) < 4.78 is 6.98. The summed E-state index contributed by atoms with van der Waals surface area (Å²) in [6.45, 7) is 0.347. The number of hydrogen-bond acceptors (Lipinski definition) is 5. The van der Waals surface area contributed by atoms with Gasteiger partial charge in [0.15, 0.2) is 0 Å². The summed E-state index contributed by atoms with van der Waals surface area (Å²) in [4.78, 5) is 28.7. The minimum Gasteiger partial charge on any atom is -0.467 e. The minimum atomic E-state index is -0.698. The average Bonchev–Trinajstić information content (AvgIpc) is 3.57. The molecule has 0 radical (unpaired) electrons. The Morgan fingerprint density at radius 3 is 2.08 bits per heavy atom. The van der Waals surface area contributed by atoms with Crippen molar-refractivity contribution in [3.63, 3.8) is 0 Å². The third-order valence-electron chi connectivity index (χ3n) is 6.77. The minimum absolute atomic E-state index is 0.130. The van der Waals surface area contributed by atoms with Gasteiger partial charge in [-0.25, -0.2) is 9.48 Å². The van der Waals surface area contributed by atoms with E-state index in [2.05, 4.69) is 22.4 Å². The molecule has 36 heavy (non-hydrogen) atoms. The molecule has 0 bridgehead atoms. The van der Waals surface area contributed by atoms with E-state index in [1.807, 2.05) is 83.5 Å². The molecule has 7 nitrogen and oxygen atoms in total. The molecule has 0 saturated carbocycles. The molecule has 0 spiro atoms. The third-order valence-corrected chi connectivity index (χ3v) is 6.77. The highest BCUT2D eigenvalue weighted by molar-refractivity contribution is 5.91. The fraction of sp³-hybridized carbons (Fsp3) is 0.241. The molecule has 1 fully saturated rings. The summed E-state index contributed by atoms with van der Waals surface area (Å²) in [6, 6.07) is 28.6. The number of likely N-dealkylation sites (tertiary alicyclic amines) is 1. The molecule has 5 rings (SSSR count). The van der Waals surface area contributed by atoms with Gasteiger partial charge in [0.1, 0.15) is 6.04 Å². The second-order valence-electron chi connectivity index (χ2n) is 9.01. The normalized spacial score (nSPS) is 17.3. The highest BCUT2D eigenvalue weighted by Gasteiger charge is 2.44. The molecule has 0 aliphatic carbocycles. The molecular formula is C29H28N4O3. The van der Waals surface area contributed by atoms with E-state index < -0.39 is 17.9 Å². The first-order chi connectivity index (χ1) is 17.7. The van der Waals surface area contributed by atoms with Crippen LogP contribution in [-0.2, 0) is 20.7 Å². The summed E-state index contributed by atoms with van der Waals surface area (Å²) in [7, 11) is 1.36. The van der Waals surface area contributed by atoms with Gasteiger partial charge in [-0.15, -0.1) is 5.10 Å². The maximum atomic E-state index is 14.1. The molecule has 1 aromatic heterocycles. The lowest BCUT2D eigenvalue weighted by Crippen LogP contribution is -2.43. The van der Waals surface area contributed by atoms with E-state index in [0.717, 1.165) is 22.4 Å². The van der Waals surface area contributed by atoms with Crippen LogP contribution in [0.25, 0.3) is 0 Å². The van der Waals surface area contributed by atoms with Crippen molar-refractivity contribution in [1.29, 1.82) is 0 Å². The lowest BCUT2D eigenvalue weighted by atomic mass is 9.90. The van der Waals surface area contributed by atoms with E-state index in [1.54, 1.807) is 11.1 Å². The van der Waals surface area contributed by atoms with Crippen LogP contribution in [0, 0.1) is 0 Å². The van der Waals surface area contributed by atoms with Crippen molar-refractivity contribution in [2.75, 3.05) is 13.7 Å². The van der Waals surface area contributed by atoms with Crippen molar-refractivity contribution in [2.24, 2.45) is 0 Å². The lowest BCUT2D eigenvalue weighted by molar-refractivity contribution is -0.151. The first-order valence-electron chi connectivity index (χ1n) is 12.1. The van der Waals surface area contributed by atoms with Crippen LogP contribution in [0.2, 0.25) is 0 Å². The molecule has 4 aromatic rings. The number of nitrogens with zero attached hydrogens (tertiary/aromatic N) is 4. The van der Waals surface area contributed by atoms with Crippen LogP contribution < -0.4 is 0 Å². The molecule has 2 unspecified atom stereocenters. The predicted octanol–water partition coefficient (Wildman–Crippen LogP) is 4.02. The second kappa shape index (κ2) is 10.6. The van der Waals surface area contributed by atoms with Crippen molar-refractivity contribution >= 4 is 11.9 Å². The highest BCUT2D eigenvalue weighted by Crippen LogP contribution is 2.34. The quantitative estimate of drug-likeness (QED) is 0.374.